The largest absolute Gasteiger partial charge is 0.332 e. The van der Waals surface area contributed by atoms with Crippen LogP contribution in [-0.4, -0.2) is 24.0 Å². The van der Waals surface area contributed by atoms with Gasteiger partial charge in [0.2, 0.25) is 0 Å². The van der Waals surface area contributed by atoms with Crippen LogP contribution >= 0.6 is 11.6 Å². The van der Waals surface area contributed by atoms with E-state index in [2.05, 4.69) is 10.3 Å². The third kappa shape index (κ3) is 4.39. The molecule has 0 bridgehead atoms. The zero-order chi connectivity index (χ0) is 12.0. The number of anilines is 1. The lowest BCUT2D eigenvalue weighted by molar-refractivity contribution is 0.148. The number of halogens is 3. The number of carbonyl (C=O) groups is 1. The Kier molecular flexibility index (Phi) is 4.91. The summed E-state index contributed by atoms with van der Waals surface area (Å²) in [7, 11) is 0. The highest BCUT2D eigenvalue weighted by Crippen LogP contribution is 2.08. The highest BCUT2D eigenvalue weighted by molar-refractivity contribution is 6.17. The lowest BCUT2D eigenvalue weighted by atomic mass is 10.3. The number of pyridine rings is 1. The molecule has 16 heavy (non-hydrogen) atoms. The normalized spacial score (nSPS) is 10.2. The Labute approximate surface area is 96.0 Å². The van der Waals surface area contributed by atoms with Gasteiger partial charge in [0, 0.05) is 12.1 Å². The van der Waals surface area contributed by atoms with Crippen molar-refractivity contribution in [2.45, 2.75) is 12.3 Å². The van der Waals surface area contributed by atoms with Crippen molar-refractivity contribution in [3.8, 4) is 0 Å². The van der Waals surface area contributed by atoms with Crippen molar-refractivity contribution in [1.82, 2.24) is 10.3 Å². The summed E-state index contributed by atoms with van der Waals surface area (Å²) in [5.74, 6) is 0.556. The molecule has 0 spiro atoms. The molecule has 1 aromatic heterocycles. The summed E-state index contributed by atoms with van der Waals surface area (Å²) in [6.45, 7) is -0.693. The van der Waals surface area contributed by atoms with Gasteiger partial charge in [0.1, 0.15) is 5.82 Å². The number of amides is 2. The molecule has 0 fully saturated rings. The maximum Gasteiger partial charge on any atom is 0.320 e. The highest BCUT2D eigenvalue weighted by Gasteiger charge is 2.06. The first-order valence-electron chi connectivity index (χ1n) is 4.45. The van der Waals surface area contributed by atoms with Gasteiger partial charge in [-0.3, -0.25) is 5.32 Å². The third-order valence-electron chi connectivity index (χ3n) is 1.64. The second kappa shape index (κ2) is 6.22. The van der Waals surface area contributed by atoms with E-state index in [4.69, 9.17) is 11.6 Å². The van der Waals surface area contributed by atoms with E-state index in [1.165, 1.54) is 6.20 Å². The molecule has 88 valence electrons. The van der Waals surface area contributed by atoms with Crippen LogP contribution in [0.1, 0.15) is 5.56 Å². The van der Waals surface area contributed by atoms with Gasteiger partial charge in [-0.15, -0.1) is 11.6 Å². The topological polar surface area (TPSA) is 54.0 Å². The summed E-state index contributed by atoms with van der Waals surface area (Å²) in [6, 6.07) is 2.53. The molecule has 0 saturated carbocycles. The molecule has 7 heteroatoms. The van der Waals surface area contributed by atoms with E-state index < -0.39 is 19.0 Å². The zero-order valence-corrected chi connectivity index (χ0v) is 8.97. The molecule has 0 aliphatic carbocycles. The minimum Gasteiger partial charge on any atom is -0.332 e. The van der Waals surface area contributed by atoms with Crippen molar-refractivity contribution in [3.05, 3.63) is 23.9 Å². The average molecular weight is 250 g/mol. The van der Waals surface area contributed by atoms with Crippen molar-refractivity contribution < 1.29 is 13.6 Å². The summed E-state index contributed by atoms with van der Waals surface area (Å²) in [5.41, 5.74) is 0.779. The van der Waals surface area contributed by atoms with Crippen LogP contribution in [0.4, 0.5) is 19.4 Å². The molecular formula is C9H10ClF2N3O. The Balaban J connectivity index is 2.49. The van der Waals surface area contributed by atoms with Gasteiger partial charge in [0.05, 0.1) is 6.54 Å². The fourth-order valence-corrected chi connectivity index (χ4v) is 1.12. The van der Waals surface area contributed by atoms with Gasteiger partial charge in [0.25, 0.3) is 6.43 Å². The third-order valence-corrected chi connectivity index (χ3v) is 1.95. The zero-order valence-electron chi connectivity index (χ0n) is 8.21. The second-order valence-corrected chi connectivity index (χ2v) is 3.18. The number of urea groups is 1. The van der Waals surface area contributed by atoms with Crippen LogP contribution in [0.2, 0.25) is 0 Å². The first-order chi connectivity index (χ1) is 7.61. The average Bonchev–Trinajstić information content (AvgIpc) is 2.26. The quantitative estimate of drug-likeness (QED) is 0.804. The van der Waals surface area contributed by atoms with E-state index in [9.17, 15) is 13.6 Å². The summed E-state index contributed by atoms with van der Waals surface area (Å²) >= 11 is 5.58. The number of rotatable bonds is 4. The van der Waals surface area contributed by atoms with Crippen molar-refractivity contribution in [3.63, 3.8) is 0 Å². The van der Waals surface area contributed by atoms with Gasteiger partial charge in [-0.25, -0.2) is 18.6 Å². The Hall–Kier alpha value is -1.43. The van der Waals surface area contributed by atoms with Crippen LogP contribution in [0.25, 0.3) is 0 Å². The maximum absolute atomic E-state index is 11.8. The van der Waals surface area contributed by atoms with Crippen LogP contribution in [0, 0.1) is 0 Å². The van der Waals surface area contributed by atoms with Crippen LogP contribution < -0.4 is 10.6 Å². The SMILES string of the molecule is O=C(NCC(F)F)Nc1cc(CCl)ccn1. The molecule has 0 saturated heterocycles. The molecule has 0 atom stereocenters. The van der Waals surface area contributed by atoms with Crippen molar-refractivity contribution in [2.75, 3.05) is 11.9 Å². The van der Waals surface area contributed by atoms with Crippen LogP contribution in [-0.2, 0) is 5.88 Å². The van der Waals surface area contributed by atoms with E-state index in [1.54, 1.807) is 12.1 Å². The molecule has 0 unspecified atom stereocenters. The number of nitrogens with zero attached hydrogens (tertiary/aromatic N) is 1. The lowest BCUT2D eigenvalue weighted by Gasteiger charge is -2.06. The summed E-state index contributed by atoms with van der Waals surface area (Å²) < 4.78 is 23.6. The van der Waals surface area contributed by atoms with Crippen molar-refractivity contribution in [2.24, 2.45) is 0 Å². The molecule has 1 heterocycles. The number of alkyl halides is 3. The number of nitrogens with one attached hydrogen (secondary N) is 2. The molecular weight excluding hydrogens is 240 g/mol. The molecule has 0 aromatic carbocycles. The monoisotopic (exact) mass is 249 g/mol. The van der Waals surface area contributed by atoms with E-state index in [1.807, 2.05) is 5.32 Å². The predicted octanol–water partition coefficient (Wildman–Crippen LogP) is 2.21. The smallest absolute Gasteiger partial charge is 0.320 e. The van der Waals surface area contributed by atoms with Gasteiger partial charge in [0.15, 0.2) is 0 Å². The standard InChI is InChI=1S/C9H10ClF2N3O/c10-4-6-1-2-13-8(3-6)15-9(16)14-5-7(11)12/h1-3,7H,4-5H2,(H2,13,14,15,16). The molecule has 2 N–H and O–H groups in total. The first-order valence-corrected chi connectivity index (χ1v) is 4.99. The number of hydrogen-bond acceptors (Lipinski definition) is 2. The van der Waals surface area contributed by atoms with E-state index in [0.29, 0.717) is 0 Å². The number of carbonyl (C=O) groups excluding carboxylic acids is 1. The van der Waals surface area contributed by atoms with Crippen molar-refractivity contribution >= 4 is 23.4 Å². The molecule has 0 aliphatic heterocycles. The maximum atomic E-state index is 11.8. The van der Waals surface area contributed by atoms with E-state index in [-0.39, 0.29) is 11.7 Å². The van der Waals surface area contributed by atoms with Crippen LogP contribution in [0.15, 0.2) is 18.3 Å². The number of hydrogen-bond donors (Lipinski definition) is 2. The molecule has 4 nitrogen and oxygen atoms in total. The Morgan fingerprint density at radius 2 is 2.31 bits per heavy atom. The molecule has 0 aliphatic rings. The van der Waals surface area contributed by atoms with Crippen LogP contribution in [0.3, 0.4) is 0 Å². The minimum absolute atomic E-state index is 0.268. The van der Waals surface area contributed by atoms with Gasteiger partial charge in [-0.05, 0) is 17.7 Å². The second-order valence-electron chi connectivity index (χ2n) is 2.91. The van der Waals surface area contributed by atoms with E-state index in [0.717, 1.165) is 5.56 Å². The molecule has 1 aromatic rings. The number of aromatic nitrogens is 1. The Morgan fingerprint density at radius 3 is 2.94 bits per heavy atom. The lowest BCUT2D eigenvalue weighted by Crippen LogP contribution is -2.32. The van der Waals surface area contributed by atoms with Crippen molar-refractivity contribution in [1.29, 1.82) is 0 Å². The molecule has 1 rings (SSSR count). The highest BCUT2D eigenvalue weighted by atomic mass is 35.5. The summed E-state index contributed by atoms with van der Waals surface area (Å²) in [6.07, 6.45) is -1.10. The van der Waals surface area contributed by atoms with Gasteiger partial charge in [-0.2, -0.15) is 0 Å². The summed E-state index contributed by atoms with van der Waals surface area (Å²) in [5, 5.41) is 4.31. The van der Waals surface area contributed by atoms with Gasteiger partial charge in [-0.1, -0.05) is 0 Å². The Morgan fingerprint density at radius 1 is 1.56 bits per heavy atom. The summed E-state index contributed by atoms with van der Waals surface area (Å²) in [4.78, 5) is 14.9. The van der Waals surface area contributed by atoms with E-state index >= 15 is 0 Å². The fourth-order valence-electron chi connectivity index (χ4n) is 0.956. The molecule has 2 amide bonds. The van der Waals surface area contributed by atoms with Gasteiger partial charge >= 0.3 is 6.03 Å². The first kappa shape index (κ1) is 12.6. The minimum atomic E-state index is -2.58. The molecule has 0 radical (unpaired) electrons. The predicted molar refractivity (Wildman–Crippen MR) is 56.8 cm³/mol. The fraction of sp³-hybridized carbons (Fsp3) is 0.333. The van der Waals surface area contributed by atoms with Crippen LogP contribution in [0.5, 0.6) is 0 Å². The van der Waals surface area contributed by atoms with Gasteiger partial charge < -0.3 is 5.32 Å². The Bertz CT molecular complexity index is 362.